The number of carbonyl (C=O) groups is 2. The van der Waals surface area contributed by atoms with Gasteiger partial charge in [0.15, 0.2) is 0 Å². The summed E-state index contributed by atoms with van der Waals surface area (Å²) in [7, 11) is 0. The van der Waals surface area contributed by atoms with Crippen LogP contribution in [0.3, 0.4) is 0 Å². The number of hydrogen-bond donors (Lipinski definition) is 0. The first-order chi connectivity index (χ1) is 18.7. The highest BCUT2D eigenvalue weighted by Gasteiger charge is 2.25. The number of pyridine rings is 1. The molecule has 5 rings (SSSR count). The van der Waals surface area contributed by atoms with E-state index in [1.807, 2.05) is 21.9 Å². The van der Waals surface area contributed by atoms with Gasteiger partial charge in [0.25, 0.3) is 11.8 Å². The molecule has 2 amide bonds. The second-order valence-electron chi connectivity index (χ2n) is 10.2. The van der Waals surface area contributed by atoms with Gasteiger partial charge < -0.3 is 9.80 Å². The zero-order valence-corrected chi connectivity index (χ0v) is 22.0. The molecule has 7 nitrogen and oxygen atoms in total. The van der Waals surface area contributed by atoms with Gasteiger partial charge in [0.05, 0.1) is 5.56 Å². The lowest BCUT2D eigenvalue weighted by Gasteiger charge is -2.35. The normalized spacial score (nSPS) is 16.9. The van der Waals surface area contributed by atoms with Gasteiger partial charge in [0, 0.05) is 71.6 Å². The summed E-state index contributed by atoms with van der Waals surface area (Å²) in [5.74, 6) is -0.0648. The summed E-state index contributed by atoms with van der Waals surface area (Å²) in [6.07, 6.45) is 3.61. The van der Waals surface area contributed by atoms with Crippen LogP contribution in [0.1, 0.15) is 32.0 Å². The molecule has 2 fully saturated rings. The van der Waals surface area contributed by atoms with E-state index in [0.29, 0.717) is 37.4 Å². The fourth-order valence-electron chi connectivity index (χ4n) is 5.20. The number of carbonyl (C=O) groups excluding carboxylic acids is 2. The van der Waals surface area contributed by atoms with Crippen molar-refractivity contribution in [3.63, 3.8) is 0 Å². The van der Waals surface area contributed by atoms with Crippen LogP contribution < -0.4 is 0 Å². The molecule has 0 unspecified atom stereocenters. The van der Waals surface area contributed by atoms with Crippen molar-refractivity contribution in [3.05, 3.63) is 101 Å². The monoisotopic (exact) mass is 511 g/mol. The lowest BCUT2D eigenvalue weighted by molar-refractivity contribution is 0.0622. The first-order valence-corrected chi connectivity index (χ1v) is 13.7. The van der Waals surface area contributed by atoms with E-state index >= 15 is 0 Å². The van der Waals surface area contributed by atoms with Crippen molar-refractivity contribution >= 4 is 11.8 Å². The van der Waals surface area contributed by atoms with Crippen LogP contribution in [0.5, 0.6) is 0 Å². The van der Waals surface area contributed by atoms with Crippen LogP contribution in [-0.4, -0.2) is 102 Å². The van der Waals surface area contributed by atoms with Crippen LogP contribution in [0.25, 0.3) is 0 Å². The van der Waals surface area contributed by atoms with Gasteiger partial charge in [-0.25, -0.2) is 0 Å². The third kappa shape index (κ3) is 6.85. The van der Waals surface area contributed by atoms with Gasteiger partial charge in [0.2, 0.25) is 0 Å². The summed E-state index contributed by atoms with van der Waals surface area (Å²) in [6, 6.07) is 24.5. The molecule has 0 aliphatic carbocycles. The highest BCUT2D eigenvalue weighted by atomic mass is 16.2. The maximum atomic E-state index is 13.0. The molecule has 3 aromatic rings. The number of hydrogen-bond acceptors (Lipinski definition) is 5. The molecular formula is C31H37N5O2. The van der Waals surface area contributed by atoms with Crippen molar-refractivity contribution < 1.29 is 9.59 Å². The molecule has 38 heavy (non-hydrogen) atoms. The fourth-order valence-corrected chi connectivity index (χ4v) is 5.20. The van der Waals surface area contributed by atoms with E-state index in [1.165, 1.54) is 11.1 Å². The van der Waals surface area contributed by atoms with E-state index < -0.39 is 0 Å². The van der Waals surface area contributed by atoms with Crippen LogP contribution in [0, 0.1) is 0 Å². The first kappa shape index (κ1) is 26.1. The fraction of sp³-hybridized carbons (Fsp3) is 0.387. The largest absolute Gasteiger partial charge is 0.336 e. The average Bonchev–Trinajstić information content (AvgIpc) is 3.00. The minimum atomic E-state index is -0.0567. The molecule has 1 aromatic heterocycles. The maximum Gasteiger partial charge on any atom is 0.272 e. The van der Waals surface area contributed by atoms with E-state index in [9.17, 15) is 9.59 Å². The summed E-state index contributed by atoms with van der Waals surface area (Å²) in [6.45, 7) is 8.31. The summed E-state index contributed by atoms with van der Waals surface area (Å²) < 4.78 is 0. The molecule has 0 bridgehead atoms. The van der Waals surface area contributed by atoms with Crippen LogP contribution in [0.15, 0.2) is 79.0 Å². The first-order valence-electron chi connectivity index (χ1n) is 13.7. The predicted octanol–water partition coefficient (Wildman–Crippen LogP) is 3.08. The molecule has 2 aliphatic heterocycles. The Morgan fingerprint density at radius 2 is 1.05 bits per heavy atom. The molecule has 198 valence electrons. The molecule has 3 heterocycles. The Bertz CT molecular complexity index is 1080. The Balaban J connectivity index is 1.05. The van der Waals surface area contributed by atoms with Crippen molar-refractivity contribution in [3.8, 4) is 0 Å². The quantitative estimate of drug-likeness (QED) is 0.465. The molecule has 0 saturated carbocycles. The number of amides is 2. The van der Waals surface area contributed by atoms with Crippen LogP contribution in [0.4, 0.5) is 0 Å². The Morgan fingerprint density at radius 1 is 0.579 bits per heavy atom. The highest BCUT2D eigenvalue weighted by Crippen LogP contribution is 2.13. The number of nitrogens with zero attached hydrogens (tertiary/aromatic N) is 5. The Kier molecular flexibility index (Phi) is 8.78. The molecule has 2 saturated heterocycles. The van der Waals surface area contributed by atoms with Crippen LogP contribution in [-0.2, 0) is 12.8 Å². The molecule has 2 aromatic carbocycles. The number of rotatable bonds is 8. The van der Waals surface area contributed by atoms with Gasteiger partial charge in [-0.15, -0.1) is 0 Å². The van der Waals surface area contributed by atoms with Gasteiger partial charge in [-0.3, -0.25) is 24.4 Å². The van der Waals surface area contributed by atoms with E-state index in [1.54, 1.807) is 18.3 Å². The molecule has 0 N–H and O–H groups in total. The van der Waals surface area contributed by atoms with Gasteiger partial charge in [-0.1, -0.05) is 60.7 Å². The van der Waals surface area contributed by atoms with E-state index in [-0.39, 0.29) is 11.8 Å². The standard InChI is InChI=1S/C31H37N5O2/c37-30(35-21-17-33(18-22-35)15-13-26-7-3-1-4-8-26)28-11-12-29(32-25-28)31(38)36-23-19-34(20-24-36)16-14-27-9-5-2-6-10-27/h1-12,25H,13-24H2. The number of piperazine rings is 2. The Labute approximate surface area is 225 Å². The number of aromatic nitrogens is 1. The summed E-state index contributed by atoms with van der Waals surface area (Å²) in [5, 5.41) is 0. The van der Waals surface area contributed by atoms with Crippen LogP contribution >= 0.6 is 0 Å². The molecule has 2 aliphatic rings. The van der Waals surface area contributed by atoms with E-state index in [2.05, 4.69) is 63.3 Å². The molecule has 0 atom stereocenters. The predicted molar refractivity (Wildman–Crippen MR) is 149 cm³/mol. The second kappa shape index (κ2) is 12.8. The van der Waals surface area contributed by atoms with E-state index in [0.717, 1.165) is 52.1 Å². The van der Waals surface area contributed by atoms with Crippen LogP contribution in [0.2, 0.25) is 0 Å². The number of benzene rings is 2. The maximum absolute atomic E-state index is 13.0. The lowest BCUT2D eigenvalue weighted by Crippen LogP contribution is -2.49. The topological polar surface area (TPSA) is 60.0 Å². The summed E-state index contributed by atoms with van der Waals surface area (Å²) >= 11 is 0. The van der Waals surface area contributed by atoms with Crippen molar-refractivity contribution in [2.75, 3.05) is 65.4 Å². The van der Waals surface area contributed by atoms with E-state index in [4.69, 9.17) is 0 Å². The van der Waals surface area contributed by atoms with Gasteiger partial charge in [-0.05, 0) is 36.1 Å². The SMILES string of the molecule is O=C(c1ccc(C(=O)N2CCN(CCc3ccccc3)CC2)nc1)N1CCN(CCc2ccccc2)CC1. The van der Waals surface area contributed by atoms with Gasteiger partial charge >= 0.3 is 0 Å². The third-order valence-corrected chi connectivity index (χ3v) is 7.67. The minimum absolute atomic E-state index is 0.00811. The van der Waals surface area contributed by atoms with Crippen molar-refractivity contribution in [2.24, 2.45) is 0 Å². The summed E-state index contributed by atoms with van der Waals surface area (Å²) in [4.78, 5) is 39.0. The van der Waals surface area contributed by atoms with Crippen molar-refractivity contribution in [1.82, 2.24) is 24.6 Å². The average molecular weight is 512 g/mol. The molecular weight excluding hydrogens is 474 g/mol. The minimum Gasteiger partial charge on any atom is -0.336 e. The molecule has 0 radical (unpaired) electrons. The van der Waals surface area contributed by atoms with Crippen molar-refractivity contribution in [1.29, 1.82) is 0 Å². The van der Waals surface area contributed by atoms with Gasteiger partial charge in [0.1, 0.15) is 5.69 Å². The molecule has 0 spiro atoms. The lowest BCUT2D eigenvalue weighted by atomic mass is 10.1. The molecule has 7 heteroatoms. The smallest absolute Gasteiger partial charge is 0.272 e. The summed E-state index contributed by atoms with van der Waals surface area (Å²) in [5.41, 5.74) is 3.64. The highest BCUT2D eigenvalue weighted by molar-refractivity contribution is 5.96. The third-order valence-electron chi connectivity index (χ3n) is 7.67. The Morgan fingerprint density at radius 3 is 1.50 bits per heavy atom. The van der Waals surface area contributed by atoms with Gasteiger partial charge in [-0.2, -0.15) is 0 Å². The second-order valence-corrected chi connectivity index (χ2v) is 10.2. The zero-order valence-electron chi connectivity index (χ0n) is 22.0. The van der Waals surface area contributed by atoms with Crippen molar-refractivity contribution in [2.45, 2.75) is 12.8 Å². The zero-order chi connectivity index (χ0) is 26.2. The Hall–Kier alpha value is -3.55.